The smallest absolute Gasteiger partial charge is 0.300 e. The molecule has 0 spiro atoms. The summed E-state index contributed by atoms with van der Waals surface area (Å²) in [5.41, 5.74) is 1.30. The van der Waals surface area contributed by atoms with Crippen LogP contribution in [0, 0.1) is 10.1 Å². The molecule has 0 bridgehead atoms. The first-order valence-corrected chi connectivity index (χ1v) is 7.14. The Hall–Kier alpha value is -2.82. The SMILES string of the molecule is NN=NCCN1CCN(c2ccc([N+](=O)[O-])c3nonc23)CC1. The highest BCUT2D eigenvalue weighted by Gasteiger charge is 2.24. The second-order valence-electron chi connectivity index (χ2n) is 5.13. The lowest BCUT2D eigenvalue weighted by Crippen LogP contribution is -2.47. The van der Waals surface area contributed by atoms with Crippen molar-refractivity contribution in [1.82, 2.24) is 15.2 Å². The number of nitro benzene ring substituents is 1. The first-order chi connectivity index (χ1) is 11.2. The van der Waals surface area contributed by atoms with Crippen LogP contribution in [0.2, 0.25) is 0 Å². The lowest BCUT2D eigenvalue weighted by Gasteiger charge is -2.35. The lowest BCUT2D eigenvalue weighted by atomic mass is 10.2. The van der Waals surface area contributed by atoms with Crippen molar-refractivity contribution < 1.29 is 9.55 Å². The van der Waals surface area contributed by atoms with Crippen LogP contribution in [0.5, 0.6) is 0 Å². The average Bonchev–Trinajstić information content (AvgIpc) is 3.04. The number of piperazine rings is 1. The molecular formula is C12H16N8O3. The van der Waals surface area contributed by atoms with Crippen molar-refractivity contribution in [2.45, 2.75) is 0 Å². The molecule has 0 amide bonds. The number of non-ortho nitro benzene ring substituents is 1. The summed E-state index contributed by atoms with van der Waals surface area (Å²) in [7, 11) is 0. The Morgan fingerprint density at radius 2 is 2.00 bits per heavy atom. The highest BCUT2D eigenvalue weighted by molar-refractivity contribution is 5.93. The van der Waals surface area contributed by atoms with E-state index in [1.54, 1.807) is 6.07 Å². The molecule has 0 aliphatic carbocycles. The molecule has 1 saturated heterocycles. The fourth-order valence-electron chi connectivity index (χ4n) is 2.70. The fraction of sp³-hybridized carbons (Fsp3) is 0.500. The van der Waals surface area contributed by atoms with Crippen molar-refractivity contribution in [3.63, 3.8) is 0 Å². The van der Waals surface area contributed by atoms with E-state index < -0.39 is 4.92 Å². The maximum Gasteiger partial charge on any atom is 0.300 e. The minimum absolute atomic E-state index is 0.101. The molecule has 11 nitrogen and oxygen atoms in total. The van der Waals surface area contributed by atoms with Gasteiger partial charge >= 0.3 is 5.69 Å². The zero-order valence-corrected chi connectivity index (χ0v) is 12.3. The Bertz CT molecular complexity index is 722. The Morgan fingerprint density at radius 1 is 1.26 bits per heavy atom. The fourth-order valence-corrected chi connectivity index (χ4v) is 2.70. The van der Waals surface area contributed by atoms with Gasteiger partial charge in [-0.1, -0.05) is 5.22 Å². The molecule has 1 fully saturated rings. The van der Waals surface area contributed by atoms with Crippen LogP contribution in [0.1, 0.15) is 0 Å². The van der Waals surface area contributed by atoms with Gasteiger partial charge in [0.15, 0.2) is 5.52 Å². The molecule has 11 heteroatoms. The first kappa shape index (κ1) is 15.1. The van der Waals surface area contributed by atoms with Gasteiger partial charge in [0.1, 0.15) is 0 Å². The van der Waals surface area contributed by atoms with Crippen LogP contribution < -0.4 is 10.7 Å². The minimum Gasteiger partial charge on any atom is -0.367 e. The first-order valence-electron chi connectivity index (χ1n) is 7.14. The molecule has 122 valence electrons. The van der Waals surface area contributed by atoms with E-state index in [-0.39, 0.29) is 11.2 Å². The molecular weight excluding hydrogens is 304 g/mol. The van der Waals surface area contributed by atoms with Gasteiger partial charge in [-0.2, -0.15) is 5.11 Å². The zero-order valence-electron chi connectivity index (χ0n) is 12.3. The molecule has 0 atom stereocenters. The summed E-state index contributed by atoms with van der Waals surface area (Å²) in [5.74, 6) is 4.98. The zero-order chi connectivity index (χ0) is 16.2. The lowest BCUT2D eigenvalue weighted by molar-refractivity contribution is -0.383. The number of nitro groups is 1. The second kappa shape index (κ2) is 6.52. The van der Waals surface area contributed by atoms with Crippen molar-refractivity contribution >= 4 is 22.4 Å². The molecule has 0 unspecified atom stereocenters. The number of nitrogens with two attached hydrogens (primary N) is 1. The molecule has 2 aromatic rings. The average molecular weight is 320 g/mol. The highest BCUT2D eigenvalue weighted by atomic mass is 16.6. The van der Waals surface area contributed by atoms with Gasteiger partial charge in [0.05, 0.1) is 17.2 Å². The summed E-state index contributed by atoms with van der Waals surface area (Å²) in [5, 5.41) is 25.5. The molecule has 0 saturated carbocycles. The van der Waals surface area contributed by atoms with Crippen molar-refractivity contribution in [2.75, 3.05) is 44.2 Å². The summed E-state index contributed by atoms with van der Waals surface area (Å²) in [6, 6.07) is 3.14. The number of aromatic nitrogens is 2. The van der Waals surface area contributed by atoms with Crippen LogP contribution in [-0.2, 0) is 0 Å². The summed E-state index contributed by atoms with van der Waals surface area (Å²) >= 11 is 0. The van der Waals surface area contributed by atoms with Gasteiger partial charge in [-0.25, -0.2) is 4.63 Å². The number of benzene rings is 1. The quantitative estimate of drug-likeness (QED) is 0.365. The van der Waals surface area contributed by atoms with E-state index in [9.17, 15) is 10.1 Å². The van der Waals surface area contributed by atoms with Crippen LogP contribution in [-0.4, -0.2) is 59.4 Å². The summed E-state index contributed by atoms with van der Waals surface area (Å²) in [4.78, 5) is 14.9. The second-order valence-corrected chi connectivity index (χ2v) is 5.13. The number of fused-ring (bicyclic) bond motifs is 1. The molecule has 1 aromatic heterocycles. The van der Waals surface area contributed by atoms with Crippen molar-refractivity contribution in [3.8, 4) is 0 Å². The largest absolute Gasteiger partial charge is 0.367 e. The summed E-state index contributed by atoms with van der Waals surface area (Å²) in [6.07, 6.45) is 0. The maximum absolute atomic E-state index is 11.0. The van der Waals surface area contributed by atoms with E-state index >= 15 is 0 Å². The molecule has 3 rings (SSSR count). The Morgan fingerprint density at radius 3 is 2.70 bits per heavy atom. The van der Waals surface area contributed by atoms with Gasteiger partial charge in [-0.05, 0) is 16.4 Å². The van der Waals surface area contributed by atoms with Gasteiger partial charge in [0.25, 0.3) is 0 Å². The molecule has 2 heterocycles. The van der Waals surface area contributed by atoms with E-state index in [4.69, 9.17) is 10.5 Å². The maximum atomic E-state index is 11.0. The monoisotopic (exact) mass is 320 g/mol. The van der Waals surface area contributed by atoms with Crippen molar-refractivity contribution in [1.29, 1.82) is 0 Å². The van der Waals surface area contributed by atoms with Crippen molar-refractivity contribution in [3.05, 3.63) is 22.2 Å². The van der Waals surface area contributed by atoms with E-state index in [2.05, 4.69) is 30.5 Å². The number of anilines is 1. The molecule has 0 radical (unpaired) electrons. The summed E-state index contributed by atoms with van der Waals surface area (Å²) < 4.78 is 4.70. The van der Waals surface area contributed by atoms with E-state index in [0.29, 0.717) is 12.1 Å². The predicted octanol–water partition coefficient (Wildman–Crippen LogP) is 0.579. The van der Waals surface area contributed by atoms with E-state index in [1.807, 2.05) is 0 Å². The predicted molar refractivity (Wildman–Crippen MR) is 81.0 cm³/mol. The third-order valence-corrected chi connectivity index (χ3v) is 3.88. The summed E-state index contributed by atoms with van der Waals surface area (Å²) in [6.45, 7) is 4.63. The Balaban J connectivity index is 1.74. The standard InChI is InChI=1S/C12H16N8O3/c13-17-14-3-4-18-5-7-19(8-6-18)9-1-2-10(20(21)22)12-11(9)15-23-16-12/h1-2H,3-8H2,(H2,13,14). The topological polar surface area (TPSA) is 139 Å². The van der Waals surface area contributed by atoms with Crippen LogP contribution >= 0.6 is 0 Å². The Labute approximate surface area is 130 Å². The van der Waals surface area contributed by atoms with Gasteiger partial charge in [0, 0.05) is 38.8 Å². The van der Waals surface area contributed by atoms with Gasteiger partial charge in [-0.3, -0.25) is 15.0 Å². The van der Waals surface area contributed by atoms with Crippen molar-refractivity contribution in [2.24, 2.45) is 16.2 Å². The number of hydrogen-bond donors (Lipinski definition) is 1. The van der Waals surface area contributed by atoms with E-state index in [1.165, 1.54) is 6.07 Å². The van der Waals surface area contributed by atoms with E-state index in [0.717, 1.165) is 38.4 Å². The third kappa shape index (κ3) is 3.04. The van der Waals surface area contributed by atoms with Gasteiger partial charge in [-0.15, -0.1) is 0 Å². The molecule has 1 aliphatic heterocycles. The van der Waals surface area contributed by atoms with Crippen LogP contribution in [0.15, 0.2) is 27.1 Å². The van der Waals surface area contributed by atoms with Crippen LogP contribution in [0.25, 0.3) is 11.0 Å². The molecule has 23 heavy (non-hydrogen) atoms. The highest BCUT2D eigenvalue weighted by Crippen LogP contribution is 2.31. The number of nitrogens with zero attached hydrogens (tertiary/aromatic N) is 7. The van der Waals surface area contributed by atoms with Crippen LogP contribution in [0.3, 0.4) is 0 Å². The molecule has 1 aromatic carbocycles. The van der Waals surface area contributed by atoms with Gasteiger partial charge < -0.3 is 10.7 Å². The third-order valence-electron chi connectivity index (χ3n) is 3.88. The Kier molecular flexibility index (Phi) is 4.28. The molecule has 2 N–H and O–H groups in total. The minimum atomic E-state index is -0.486. The normalized spacial score (nSPS) is 16.4. The van der Waals surface area contributed by atoms with Crippen LogP contribution in [0.4, 0.5) is 11.4 Å². The molecule has 1 aliphatic rings. The number of rotatable bonds is 5. The van der Waals surface area contributed by atoms with Gasteiger partial charge in [0.2, 0.25) is 5.52 Å². The number of hydrogen-bond acceptors (Lipinski definition) is 9.